The molecule has 0 saturated heterocycles. The smallest absolute Gasteiger partial charge is 0.319 e. The van der Waals surface area contributed by atoms with Crippen molar-refractivity contribution >= 4 is 11.6 Å². The van der Waals surface area contributed by atoms with E-state index in [9.17, 15) is 31.1 Å². The Bertz CT molecular complexity index is 1060. The fraction of sp³-hybridized carbons (Fsp3) is 0.111. The van der Waals surface area contributed by atoms with Crippen molar-refractivity contribution in [3.63, 3.8) is 0 Å². The number of rotatable bonds is 3. The Kier molecular flexibility index (Phi) is 4.88. The van der Waals surface area contributed by atoms with Crippen LogP contribution >= 0.6 is 0 Å². The van der Waals surface area contributed by atoms with Gasteiger partial charge in [-0.3, -0.25) is 9.48 Å². The van der Waals surface area contributed by atoms with Gasteiger partial charge in [0.1, 0.15) is 5.82 Å². The van der Waals surface area contributed by atoms with E-state index in [-0.39, 0.29) is 11.1 Å². The number of anilines is 1. The van der Waals surface area contributed by atoms with Crippen molar-refractivity contribution in [1.29, 1.82) is 0 Å². The summed E-state index contributed by atoms with van der Waals surface area (Å²) in [4.78, 5) is 12.4. The lowest BCUT2D eigenvalue weighted by atomic mass is 10.0. The van der Waals surface area contributed by atoms with Crippen molar-refractivity contribution in [3.8, 4) is 11.1 Å². The van der Waals surface area contributed by atoms with Crippen molar-refractivity contribution in [2.24, 2.45) is 7.05 Å². The number of halogens is 6. The minimum absolute atomic E-state index is 0.0240. The minimum atomic E-state index is -4.90. The van der Waals surface area contributed by atoms with E-state index in [2.05, 4.69) is 10.4 Å². The van der Waals surface area contributed by atoms with Gasteiger partial charge in [-0.1, -0.05) is 18.2 Å². The highest BCUT2D eigenvalue weighted by Crippen LogP contribution is 2.34. The first-order chi connectivity index (χ1) is 13.1. The number of nitrogens with one attached hydrogen (secondary N) is 1. The summed E-state index contributed by atoms with van der Waals surface area (Å²) in [5.74, 6) is -4.55. The second-order valence-corrected chi connectivity index (χ2v) is 5.81. The second-order valence-electron chi connectivity index (χ2n) is 5.81. The number of para-hydroxylation sites is 1. The predicted molar refractivity (Wildman–Crippen MR) is 87.9 cm³/mol. The first-order valence-corrected chi connectivity index (χ1v) is 7.74. The molecule has 0 aliphatic heterocycles. The van der Waals surface area contributed by atoms with Crippen LogP contribution in [0.4, 0.5) is 32.0 Å². The van der Waals surface area contributed by atoms with Gasteiger partial charge < -0.3 is 5.32 Å². The number of benzene rings is 2. The number of hydrogen-bond donors (Lipinski definition) is 1. The molecule has 0 bridgehead atoms. The third-order valence-electron chi connectivity index (χ3n) is 3.82. The zero-order valence-electron chi connectivity index (χ0n) is 14.1. The summed E-state index contributed by atoms with van der Waals surface area (Å²) in [6.45, 7) is 0. The Labute approximate surface area is 154 Å². The number of alkyl halides is 3. The molecule has 0 aliphatic rings. The van der Waals surface area contributed by atoms with Crippen LogP contribution in [0.1, 0.15) is 16.1 Å². The van der Waals surface area contributed by atoms with Gasteiger partial charge in [-0.15, -0.1) is 0 Å². The first kappa shape index (κ1) is 19.5. The lowest BCUT2D eigenvalue weighted by Crippen LogP contribution is -2.18. The van der Waals surface area contributed by atoms with E-state index in [4.69, 9.17) is 0 Å². The van der Waals surface area contributed by atoms with E-state index in [1.165, 1.54) is 19.2 Å². The third kappa shape index (κ3) is 3.71. The van der Waals surface area contributed by atoms with Crippen molar-refractivity contribution in [3.05, 3.63) is 71.3 Å². The molecular formula is C18H11F6N3O. The number of amides is 1. The zero-order chi connectivity index (χ0) is 20.6. The standard InChI is InChI=1S/C18H11F6N3O/c1-27-8-11(16(26-27)18(22,23)24)17(28)25-15-10(3-2-4-13(15)20)9-5-6-12(19)14(21)7-9/h2-8H,1H3,(H,25,28). The van der Waals surface area contributed by atoms with Gasteiger partial charge in [-0.2, -0.15) is 18.3 Å². The molecule has 4 nitrogen and oxygen atoms in total. The van der Waals surface area contributed by atoms with Gasteiger partial charge in [-0.25, -0.2) is 13.2 Å². The molecular weight excluding hydrogens is 388 g/mol. The van der Waals surface area contributed by atoms with Crippen LogP contribution in [0.2, 0.25) is 0 Å². The summed E-state index contributed by atoms with van der Waals surface area (Å²) in [7, 11) is 1.20. The van der Waals surface area contributed by atoms with Gasteiger partial charge in [0.25, 0.3) is 5.91 Å². The Morgan fingerprint density at radius 1 is 1.04 bits per heavy atom. The molecule has 0 aliphatic carbocycles. The molecule has 0 fully saturated rings. The highest BCUT2D eigenvalue weighted by molar-refractivity contribution is 6.07. The summed E-state index contributed by atoms with van der Waals surface area (Å²) >= 11 is 0. The van der Waals surface area contributed by atoms with Crippen LogP contribution in [0.3, 0.4) is 0 Å². The topological polar surface area (TPSA) is 46.9 Å². The molecule has 0 spiro atoms. The first-order valence-electron chi connectivity index (χ1n) is 7.74. The number of aryl methyl sites for hydroxylation is 1. The van der Waals surface area contributed by atoms with Gasteiger partial charge in [-0.05, 0) is 23.8 Å². The van der Waals surface area contributed by atoms with E-state index >= 15 is 0 Å². The van der Waals surface area contributed by atoms with Crippen molar-refractivity contribution in [2.75, 3.05) is 5.32 Å². The average Bonchev–Trinajstić information content (AvgIpc) is 3.01. The zero-order valence-corrected chi connectivity index (χ0v) is 14.1. The molecule has 1 amide bonds. The van der Waals surface area contributed by atoms with Gasteiger partial charge >= 0.3 is 6.18 Å². The van der Waals surface area contributed by atoms with Crippen LogP contribution < -0.4 is 5.32 Å². The monoisotopic (exact) mass is 399 g/mol. The molecule has 3 rings (SSSR count). The van der Waals surface area contributed by atoms with Crippen LogP contribution in [0.25, 0.3) is 11.1 Å². The fourth-order valence-corrected chi connectivity index (χ4v) is 2.60. The lowest BCUT2D eigenvalue weighted by Gasteiger charge is -2.13. The average molecular weight is 399 g/mol. The Balaban J connectivity index is 2.04. The van der Waals surface area contributed by atoms with Crippen LogP contribution in [-0.4, -0.2) is 15.7 Å². The molecule has 1 heterocycles. The molecule has 0 unspecified atom stereocenters. The maximum Gasteiger partial charge on any atom is 0.435 e. The Morgan fingerprint density at radius 2 is 1.75 bits per heavy atom. The van der Waals surface area contributed by atoms with E-state index < -0.39 is 46.5 Å². The third-order valence-corrected chi connectivity index (χ3v) is 3.82. The summed E-state index contributed by atoms with van der Waals surface area (Å²) in [5, 5.41) is 5.28. The molecule has 10 heteroatoms. The maximum atomic E-state index is 14.3. The van der Waals surface area contributed by atoms with E-state index in [1.54, 1.807) is 0 Å². The normalized spacial score (nSPS) is 11.5. The summed E-state index contributed by atoms with van der Waals surface area (Å²) in [6, 6.07) is 6.27. The summed E-state index contributed by atoms with van der Waals surface area (Å²) in [6.07, 6.45) is -4.05. The predicted octanol–water partition coefficient (Wildman–Crippen LogP) is 4.78. The van der Waals surface area contributed by atoms with Crippen molar-refractivity contribution < 1.29 is 31.1 Å². The SMILES string of the molecule is Cn1cc(C(=O)Nc2c(F)cccc2-c2ccc(F)c(F)c2)c(C(F)(F)F)n1. The van der Waals surface area contributed by atoms with Gasteiger partial charge in [0.05, 0.1) is 11.3 Å². The van der Waals surface area contributed by atoms with Crippen LogP contribution in [0, 0.1) is 17.5 Å². The van der Waals surface area contributed by atoms with Crippen LogP contribution in [0.5, 0.6) is 0 Å². The Morgan fingerprint density at radius 3 is 2.39 bits per heavy atom. The number of hydrogen-bond acceptors (Lipinski definition) is 2. The summed E-state index contributed by atoms with van der Waals surface area (Å²) in [5.41, 5.74) is -2.73. The van der Waals surface area contributed by atoms with Gasteiger partial charge in [0, 0.05) is 18.8 Å². The largest absolute Gasteiger partial charge is 0.435 e. The lowest BCUT2D eigenvalue weighted by molar-refractivity contribution is -0.141. The van der Waals surface area contributed by atoms with Crippen LogP contribution in [0.15, 0.2) is 42.6 Å². The molecule has 0 atom stereocenters. The quantitative estimate of drug-likeness (QED) is 0.645. The molecule has 1 aromatic heterocycles. The van der Waals surface area contributed by atoms with E-state index in [1.807, 2.05) is 0 Å². The molecule has 146 valence electrons. The highest BCUT2D eigenvalue weighted by Gasteiger charge is 2.39. The molecule has 0 saturated carbocycles. The van der Waals surface area contributed by atoms with E-state index in [0.29, 0.717) is 0 Å². The number of aromatic nitrogens is 2. The van der Waals surface area contributed by atoms with Crippen molar-refractivity contribution in [1.82, 2.24) is 9.78 Å². The maximum absolute atomic E-state index is 14.3. The highest BCUT2D eigenvalue weighted by atomic mass is 19.4. The second kappa shape index (κ2) is 7.02. The molecule has 1 N–H and O–H groups in total. The fourth-order valence-electron chi connectivity index (χ4n) is 2.60. The number of carbonyl (C=O) groups is 1. The summed E-state index contributed by atoms with van der Waals surface area (Å²) < 4.78 is 81.0. The van der Waals surface area contributed by atoms with Crippen LogP contribution in [-0.2, 0) is 13.2 Å². The van der Waals surface area contributed by atoms with E-state index in [0.717, 1.165) is 35.1 Å². The number of carbonyl (C=O) groups excluding carboxylic acids is 1. The number of nitrogens with zero attached hydrogens (tertiary/aromatic N) is 2. The molecule has 2 aromatic carbocycles. The minimum Gasteiger partial charge on any atom is -0.319 e. The van der Waals surface area contributed by atoms with Gasteiger partial charge in [0.2, 0.25) is 0 Å². The van der Waals surface area contributed by atoms with Crippen molar-refractivity contribution in [2.45, 2.75) is 6.18 Å². The molecule has 3 aromatic rings. The Hall–Kier alpha value is -3.30. The molecule has 28 heavy (non-hydrogen) atoms. The van der Waals surface area contributed by atoms with Gasteiger partial charge in [0.15, 0.2) is 17.3 Å². The molecule has 0 radical (unpaired) electrons.